The molecule has 1 aliphatic rings. The lowest BCUT2D eigenvalue weighted by Gasteiger charge is -2.09. The van der Waals surface area contributed by atoms with Crippen LogP contribution in [0.5, 0.6) is 0 Å². The van der Waals surface area contributed by atoms with Crippen LogP contribution in [0.25, 0.3) is 0 Å². The number of amides is 1. The molecule has 1 fully saturated rings. The van der Waals surface area contributed by atoms with Crippen LogP contribution in [-0.4, -0.2) is 35.2 Å². The van der Waals surface area contributed by atoms with E-state index in [9.17, 15) is 9.59 Å². The van der Waals surface area contributed by atoms with Gasteiger partial charge in [0.05, 0.1) is 13.2 Å². The standard InChI is InChI=1S/C7H9NO4/c9-6(2-3-7(10)11)8-4-1-5-12-8/h2-3H,1,4-5H2,(H,10,11)/b3-2-. The Bertz CT molecular complexity index is 217. The fourth-order valence-electron chi connectivity index (χ4n) is 0.847. The van der Waals surface area contributed by atoms with Gasteiger partial charge in [-0.25, -0.2) is 9.86 Å². The third-order valence-corrected chi connectivity index (χ3v) is 1.37. The van der Waals surface area contributed by atoms with E-state index in [1.165, 1.54) is 0 Å². The Morgan fingerprint density at radius 1 is 1.42 bits per heavy atom. The van der Waals surface area contributed by atoms with E-state index < -0.39 is 11.9 Å². The highest BCUT2D eigenvalue weighted by atomic mass is 16.7. The van der Waals surface area contributed by atoms with Crippen LogP contribution in [0.4, 0.5) is 0 Å². The average molecular weight is 171 g/mol. The normalized spacial score (nSPS) is 17.2. The van der Waals surface area contributed by atoms with E-state index in [4.69, 9.17) is 9.94 Å². The summed E-state index contributed by atoms with van der Waals surface area (Å²) in [6, 6.07) is 0. The van der Waals surface area contributed by atoms with E-state index >= 15 is 0 Å². The minimum atomic E-state index is -1.14. The first-order chi connectivity index (χ1) is 5.70. The lowest BCUT2D eigenvalue weighted by atomic mass is 10.4. The molecule has 0 aromatic rings. The fourth-order valence-corrected chi connectivity index (χ4v) is 0.847. The lowest BCUT2D eigenvalue weighted by molar-refractivity contribution is -0.162. The number of hydrogen-bond donors (Lipinski definition) is 1. The molecule has 0 bridgehead atoms. The third-order valence-electron chi connectivity index (χ3n) is 1.37. The molecule has 0 radical (unpaired) electrons. The summed E-state index contributed by atoms with van der Waals surface area (Å²) in [5.41, 5.74) is 0. The molecule has 1 amide bonds. The highest BCUT2D eigenvalue weighted by Gasteiger charge is 2.16. The predicted octanol–water partition coefficient (Wildman–Crippen LogP) is -0.209. The zero-order valence-electron chi connectivity index (χ0n) is 6.40. The molecule has 0 unspecified atom stereocenters. The van der Waals surface area contributed by atoms with Crippen LogP contribution in [0.3, 0.4) is 0 Å². The summed E-state index contributed by atoms with van der Waals surface area (Å²) < 4.78 is 0. The molecule has 1 rings (SSSR count). The fraction of sp³-hybridized carbons (Fsp3) is 0.429. The number of hydrogen-bond acceptors (Lipinski definition) is 3. The van der Waals surface area contributed by atoms with Crippen molar-refractivity contribution in [1.29, 1.82) is 0 Å². The van der Waals surface area contributed by atoms with Crippen molar-refractivity contribution in [3.05, 3.63) is 12.2 Å². The Balaban J connectivity index is 2.42. The molecule has 0 saturated carbocycles. The van der Waals surface area contributed by atoms with Crippen LogP contribution < -0.4 is 0 Å². The van der Waals surface area contributed by atoms with Crippen LogP contribution >= 0.6 is 0 Å². The van der Waals surface area contributed by atoms with Gasteiger partial charge in [-0.05, 0) is 6.42 Å². The van der Waals surface area contributed by atoms with Crippen molar-refractivity contribution in [3.8, 4) is 0 Å². The summed E-state index contributed by atoms with van der Waals surface area (Å²) in [6.07, 6.45) is 2.57. The minimum Gasteiger partial charge on any atom is -0.478 e. The van der Waals surface area contributed by atoms with Crippen LogP contribution in [0.15, 0.2) is 12.2 Å². The number of carboxylic acid groups (broad SMARTS) is 1. The minimum absolute atomic E-state index is 0.421. The number of carbonyl (C=O) groups excluding carboxylic acids is 1. The van der Waals surface area contributed by atoms with E-state index in [2.05, 4.69) is 0 Å². The smallest absolute Gasteiger partial charge is 0.328 e. The number of aliphatic carboxylic acids is 1. The lowest BCUT2D eigenvalue weighted by Crippen LogP contribution is -2.24. The Kier molecular flexibility index (Phi) is 2.82. The van der Waals surface area contributed by atoms with E-state index in [-0.39, 0.29) is 0 Å². The summed E-state index contributed by atoms with van der Waals surface area (Å²) in [4.78, 5) is 25.9. The molecule has 1 aliphatic heterocycles. The Labute approximate surface area is 69.2 Å². The molecule has 5 nitrogen and oxygen atoms in total. The SMILES string of the molecule is O=C(O)/C=C\C(=O)N1CCCO1. The number of hydroxylamine groups is 2. The van der Waals surface area contributed by atoms with Gasteiger partial charge in [0, 0.05) is 12.2 Å². The highest BCUT2D eigenvalue weighted by Crippen LogP contribution is 2.04. The van der Waals surface area contributed by atoms with Gasteiger partial charge in [-0.3, -0.25) is 9.63 Å². The molecular formula is C7H9NO4. The van der Waals surface area contributed by atoms with Gasteiger partial charge >= 0.3 is 5.97 Å². The van der Waals surface area contributed by atoms with Crippen molar-refractivity contribution in [1.82, 2.24) is 5.06 Å². The summed E-state index contributed by atoms with van der Waals surface area (Å²) in [5, 5.41) is 9.36. The van der Waals surface area contributed by atoms with Gasteiger partial charge in [-0.15, -0.1) is 0 Å². The summed E-state index contributed by atoms with van der Waals surface area (Å²) >= 11 is 0. The molecule has 5 heteroatoms. The molecule has 0 aliphatic carbocycles. The van der Waals surface area contributed by atoms with Gasteiger partial charge in [0.2, 0.25) is 0 Å². The number of rotatable bonds is 2. The number of carbonyl (C=O) groups is 2. The Morgan fingerprint density at radius 3 is 2.67 bits per heavy atom. The zero-order valence-corrected chi connectivity index (χ0v) is 6.40. The van der Waals surface area contributed by atoms with Crippen molar-refractivity contribution < 1.29 is 19.5 Å². The molecule has 1 N–H and O–H groups in total. The first kappa shape index (κ1) is 8.73. The maximum atomic E-state index is 11.0. The van der Waals surface area contributed by atoms with Crippen molar-refractivity contribution in [2.24, 2.45) is 0 Å². The first-order valence-electron chi connectivity index (χ1n) is 3.55. The monoisotopic (exact) mass is 171 g/mol. The second kappa shape index (κ2) is 3.87. The Hall–Kier alpha value is -1.36. The van der Waals surface area contributed by atoms with E-state index in [0.29, 0.717) is 13.2 Å². The third kappa shape index (κ3) is 2.35. The molecule has 0 aromatic heterocycles. The molecular weight excluding hydrogens is 162 g/mol. The maximum absolute atomic E-state index is 11.0. The van der Waals surface area contributed by atoms with Crippen LogP contribution in [0, 0.1) is 0 Å². The van der Waals surface area contributed by atoms with E-state index in [0.717, 1.165) is 23.6 Å². The van der Waals surface area contributed by atoms with Crippen molar-refractivity contribution in [3.63, 3.8) is 0 Å². The van der Waals surface area contributed by atoms with Crippen LogP contribution in [0.1, 0.15) is 6.42 Å². The maximum Gasteiger partial charge on any atom is 0.328 e. The summed E-state index contributed by atoms with van der Waals surface area (Å²) in [7, 11) is 0. The molecule has 0 atom stereocenters. The van der Waals surface area contributed by atoms with Crippen molar-refractivity contribution >= 4 is 11.9 Å². The van der Waals surface area contributed by atoms with E-state index in [1.807, 2.05) is 0 Å². The van der Waals surface area contributed by atoms with E-state index in [1.54, 1.807) is 0 Å². The van der Waals surface area contributed by atoms with Gasteiger partial charge in [0.15, 0.2) is 0 Å². The molecule has 1 heterocycles. The van der Waals surface area contributed by atoms with Crippen LogP contribution in [0.2, 0.25) is 0 Å². The second-order valence-corrected chi connectivity index (χ2v) is 2.30. The van der Waals surface area contributed by atoms with Gasteiger partial charge in [-0.1, -0.05) is 0 Å². The molecule has 0 spiro atoms. The predicted molar refractivity (Wildman–Crippen MR) is 39.1 cm³/mol. The molecule has 0 aromatic carbocycles. The quantitative estimate of drug-likeness (QED) is 0.584. The largest absolute Gasteiger partial charge is 0.478 e. The van der Waals surface area contributed by atoms with Crippen LogP contribution in [-0.2, 0) is 14.4 Å². The van der Waals surface area contributed by atoms with Gasteiger partial charge in [0.25, 0.3) is 5.91 Å². The van der Waals surface area contributed by atoms with Crippen molar-refractivity contribution in [2.45, 2.75) is 6.42 Å². The van der Waals surface area contributed by atoms with Gasteiger partial charge < -0.3 is 5.11 Å². The summed E-state index contributed by atoms with van der Waals surface area (Å²) in [5.74, 6) is -1.56. The topological polar surface area (TPSA) is 66.8 Å². The average Bonchev–Trinajstić information content (AvgIpc) is 2.51. The number of nitrogens with zero attached hydrogens (tertiary/aromatic N) is 1. The highest BCUT2D eigenvalue weighted by molar-refractivity contribution is 5.93. The molecule has 1 saturated heterocycles. The van der Waals surface area contributed by atoms with Gasteiger partial charge in [0.1, 0.15) is 0 Å². The van der Waals surface area contributed by atoms with Crippen molar-refractivity contribution in [2.75, 3.05) is 13.2 Å². The number of carboxylic acids is 1. The molecule has 66 valence electrons. The summed E-state index contributed by atoms with van der Waals surface area (Å²) in [6.45, 7) is 1.05. The Morgan fingerprint density at radius 2 is 2.17 bits per heavy atom. The zero-order chi connectivity index (χ0) is 8.97. The molecule has 12 heavy (non-hydrogen) atoms. The second-order valence-electron chi connectivity index (χ2n) is 2.30. The first-order valence-corrected chi connectivity index (χ1v) is 3.55. The van der Waals surface area contributed by atoms with Gasteiger partial charge in [-0.2, -0.15) is 0 Å².